The molecule has 7 heteroatoms. The molecule has 20 heavy (non-hydrogen) atoms. The van der Waals surface area contributed by atoms with Crippen LogP contribution in [0, 0.1) is 0 Å². The van der Waals surface area contributed by atoms with Gasteiger partial charge in [0.15, 0.2) is 0 Å². The van der Waals surface area contributed by atoms with Gasteiger partial charge in [-0.05, 0) is 12.1 Å². The largest absolute Gasteiger partial charge is 0.394 e. The molecule has 6 nitrogen and oxygen atoms in total. The average molecular weight is 296 g/mol. The zero-order valence-electron chi connectivity index (χ0n) is 10.6. The van der Waals surface area contributed by atoms with E-state index in [1.807, 2.05) is 12.1 Å². The highest BCUT2D eigenvalue weighted by Gasteiger charge is 2.43. The van der Waals surface area contributed by atoms with Gasteiger partial charge in [0.2, 0.25) is 5.79 Å². The first-order valence-corrected chi connectivity index (χ1v) is 6.61. The van der Waals surface area contributed by atoms with Gasteiger partial charge < -0.3 is 14.6 Å². The van der Waals surface area contributed by atoms with E-state index < -0.39 is 5.79 Å². The zero-order valence-corrected chi connectivity index (χ0v) is 11.4. The molecule has 2 aromatic rings. The molecular formula is C13H14ClN3O3. The molecule has 1 aliphatic rings. The second kappa shape index (κ2) is 5.49. The summed E-state index contributed by atoms with van der Waals surface area (Å²) < 4.78 is 13.4. The van der Waals surface area contributed by atoms with E-state index in [2.05, 4.69) is 10.1 Å². The second-order valence-corrected chi connectivity index (χ2v) is 5.02. The predicted molar refractivity (Wildman–Crippen MR) is 71.1 cm³/mol. The fraction of sp³-hybridized carbons (Fsp3) is 0.385. The highest BCUT2D eigenvalue weighted by atomic mass is 35.5. The van der Waals surface area contributed by atoms with Crippen molar-refractivity contribution in [2.24, 2.45) is 0 Å². The van der Waals surface area contributed by atoms with Crippen LogP contribution in [0.2, 0.25) is 5.02 Å². The molecule has 0 spiro atoms. The Bertz CT molecular complexity index is 561. The van der Waals surface area contributed by atoms with Gasteiger partial charge in [0.1, 0.15) is 25.3 Å². The molecule has 1 fully saturated rings. The van der Waals surface area contributed by atoms with Gasteiger partial charge in [-0.15, -0.1) is 0 Å². The molecule has 0 radical (unpaired) electrons. The summed E-state index contributed by atoms with van der Waals surface area (Å²) in [5.74, 6) is -0.980. The molecule has 0 saturated carbocycles. The molecule has 2 atom stereocenters. The minimum Gasteiger partial charge on any atom is -0.394 e. The smallest absolute Gasteiger partial charge is 0.215 e. The lowest BCUT2D eigenvalue weighted by Gasteiger charge is -2.28. The van der Waals surface area contributed by atoms with Gasteiger partial charge in [0.25, 0.3) is 0 Å². The first kappa shape index (κ1) is 13.5. The van der Waals surface area contributed by atoms with Crippen molar-refractivity contribution >= 4 is 11.6 Å². The Labute approximate surface area is 120 Å². The monoisotopic (exact) mass is 295 g/mol. The van der Waals surface area contributed by atoms with Crippen molar-refractivity contribution in [3.8, 4) is 0 Å². The predicted octanol–water partition coefficient (Wildman–Crippen LogP) is 1.19. The van der Waals surface area contributed by atoms with Crippen molar-refractivity contribution in [3.63, 3.8) is 0 Å². The maximum atomic E-state index is 9.25. The SMILES string of the molecule is OCC1COC(Cn2cncn2)(c2ccc(Cl)cc2)O1. The summed E-state index contributed by atoms with van der Waals surface area (Å²) in [5, 5.41) is 14.0. The molecule has 1 N–H and O–H groups in total. The van der Waals surface area contributed by atoms with Gasteiger partial charge in [-0.25, -0.2) is 9.67 Å². The lowest BCUT2D eigenvalue weighted by molar-refractivity contribution is -0.191. The van der Waals surface area contributed by atoms with Crippen LogP contribution in [0.1, 0.15) is 5.56 Å². The maximum Gasteiger partial charge on any atom is 0.215 e. The first-order chi connectivity index (χ1) is 9.72. The quantitative estimate of drug-likeness (QED) is 0.917. The molecular weight excluding hydrogens is 282 g/mol. The van der Waals surface area contributed by atoms with Crippen LogP contribution in [-0.4, -0.2) is 39.2 Å². The van der Waals surface area contributed by atoms with E-state index in [0.717, 1.165) is 5.56 Å². The van der Waals surface area contributed by atoms with E-state index in [9.17, 15) is 5.11 Å². The van der Waals surface area contributed by atoms with Crippen LogP contribution >= 0.6 is 11.6 Å². The Morgan fingerprint density at radius 2 is 2.20 bits per heavy atom. The molecule has 0 amide bonds. The number of aromatic nitrogens is 3. The van der Waals surface area contributed by atoms with Crippen molar-refractivity contribution in [2.75, 3.05) is 13.2 Å². The first-order valence-electron chi connectivity index (χ1n) is 6.23. The maximum absolute atomic E-state index is 9.25. The van der Waals surface area contributed by atoms with Gasteiger partial charge >= 0.3 is 0 Å². The summed E-state index contributed by atoms with van der Waals surface area (Å²) in [6, 6.07) is 7.25. The Kier molecular flexibility index (Phi) is 3.71. The van der Waals surface area contributed by atoms with Gasteiger partial charge in [0, 0.05) is 10.6 Å². The summed E-state index contributed by atoms with van der Waals surface area (Å²) >= 11 is 5.91. The summed E-state index contributed by atoms with van der Waals surface area (Å²) in [6.07, 6.45) is 2.69. The summed E-state index contributed by atoms with van der Waals surface area (Å²) in [7, 11) is 0. The minimum atomic E-state index is -0.980. The summed E-state index contributed by atoms with van der Waals surface area (Å²) in [5.41, 5.74) is 0.827. The van der Waals surface area contributed by atoms with E-state index in [4.69, 9.17) is 21.1 Å². The molecule has 0 bridgehead atoms. The second-order valence-electron chi connectivity index (χ2n) is 4.59. The van der Waals surface area contributed by atoms with Crippen LogP contribution in [0.5, 0.6) is 0 Å². The van der Waals surface area contributed by atoms with Crippen LogP contribution in [0.25, 0.3) is 0 Å². The Balaban J connectivity index is 1.93. The number of nitrogens with zero attached hydrogens (tertiary/aromatic N) is 3. The van der Waals surface area contributed by atoms with Crippen LogP contribution < -0.4 is 0 Å². The topological polar surface area (TPSA) is 69.4 Å². The fourth-order valence-electron chi connectivity index (χ4n) is 2.21. The third-order valence-corrected chi connectivity index (χ3v) is 3.44. The summed E-state index contributed by atoms with van der Waals surface area (Å²) in [4.78, 5) is 3.91. The van der Waals surface area contributed by atoms with Crippen molar-refractivity contribution in [1.29, 1.82) is 0 Å². The molecule has 2 heterocycles. The van der Waals surface area contributed by atoms with E-state index in [0.29, 0.717) is 18.2 Å². The van der Waals surface area contributed by atoms with E-state index >= 15 is 0 Å². The Hall–Kier alpha value is -1.47. The molecule has 3 rings (SSSR count). The van der Waals surface area contributed by atoms with Crippen molar-refractivity contribution in [1.82, 2.24) is 14.8 Å². The molecule has 1 aromatic carbocycles. The van der Waals surface area contributed by atoms with Crippen molar-refractivity contribution < 1.29 is 14.6 Å². The number of rotatable bonds is 4. The molecule has 2 unspecified atom stereocenters. The molecule has 1 saturated heterocycles. The third kappa shape index (κ3) is 2.55. The number of halogens is 1. The molecule has 1 aromatic heterocycles. The van der Waals surface area contributed by atoms with E-state index in [1.54, 1.807) is 23.1 Å². The van der Waals surface area contributed by atoms with Crippen LogP contribution in [-0.2, 0) is 21.8 Å². The molecule has 1 aliphatic heterocycles. The van der Waals surface area contributed by atoms with Crippen LogP contribution in [0.15, 0.2) is 36.9 Å². The van der Waals surface area contributed by atoms with Gasteiger partial charge in [-0.2, -0.15) is 5.10 Å². The number of aliphatic hydroxyl groups excluding tert-OH is 1. The standard InChI is InChI=1S/C13H14ClN3O3/c14-11-3-1-10(2-4-11)13(7-17-9-15-8-16-17)19-6-12(5-18)20-13/h1-4,8-9,12,18H,5-7H2. The molecule has 0 aliphatic carbocycles. The van der Waals surface area contributed by atoms with Gasteiger partial charge in [-0.3, -0.25) is 0 Å². The van der Waals surface area contributed by atoms with Gasteiger partial charge in [0.05, 0.1) is 13.2 Å². The number of hydrogen-bond acceptors (Lipinski definition) is 5. The highest BCUT2D eigenvalue weighted by molar-refractivity contribution is 6.30. The van der Waals surface area contributed by atoms with Crippen LogP contribution in [0.4, 0.5) is 0 Å². The fourth-order valence-corrected chi connectivity index (χ4v) is 2.34. The van der Waals surface area contributed by atoms with E-state index in [-0.39, 0.29) is 12.7 Å². The number of benzene rings is 1. The normalized spacial score (nSPS) is 26.0. The average Bonchev–Trinajstić information content (AvgIpc) is 3.10. The lowest BCUT2D eigenvalue weighted by Crippen LogP contribution is -2.34. The Morgan fingerprint density at radius 3 is 2.80 bits per heavy atom. The van der Waals surface area contributed by atoms with E-state index in [1.165, 1.54) is 6.33 Å². The number of hydrogen-bond donors (Lipinski definition) is 1. The highest BCUT2D eigenvalue weighted by Crippen LogP contribution is 2.36. The minimum absolute atomic E-state index is 0.0906. The van der Waals surface area contributed by atoms with Crippen molar-refractivity contribution in [2.45, 2.75) is 18.4 Å². The van der Waals surface area contributed by atoms with Crippen molar-refractivity contribution in [3.05, 3.63) is 47.5 Å². The lowest BCUT2D eigenvalue weighted by atomic mass is 10.1. The summed E-state index contributed by atoms with van der Waals surface area (Å²) in [6.45, 7) is 0.589. The number of aliphatic hydroxyl groups is 1. The number of ether oxygens (including phenoxy) is 2. The molecule has 106 valence electrons. The van der Waals surface area contributed by atoms with Crippen LogP contribution in [0.3, 0.4) is 0 Å². The third-order valence-electron chi connectivity index (χ3n) is 3.18. The Morgan fingerprint density at radius 1 is 1.40 bits per heavy atom. The van der Waals surface area contributed by atoms with Gasteiger partial charge in [-0.1, -0.05) is 23.7 Å². The zero-order chi connectivity index (χ0) is 14.0.